The number of hydrogen-bond acceptors (Lipinski definition) is 1. The molecule has 0 bridgehead atoms. The van der Waals surface area contributed by atoms with Crippen molar-refractivity contribution in [1.82, 2.24) is 4.90 Å². The molecule has 1 saturated carbocycles. The number of nitrogens with zero attached hydrogens (tertiary/aromatic N) is 1. The fourth-order valence-electron chi connectivity index (χ4n) is 2.81. The second-order valence-electron chi connectivity index (χ2n) is 4.48. The zero-order valence-electron chi connectivity index (χ0n) is 8.54. The molecule has 14 heavy (non-hydrogen) atoms. The standard InChI is InChI=1S/C11H18BrNO/c12-6-3-7-13-8-9-4-1-2-5-10(9)11(13)14/h9-10H,1-8H2. The highest BCUT2D eigenvalue weighted by Crippen LogP contribution is 2.36. The van der Waals surface area contributed by atoms with Crippen LogP contribution in [0.15, 0.2) is 0 Å². The predicted molar refractivity (Wildman–Crippen MR) is 60.4 cm³/mol. The predicted octanol–water partition coefficient (Wildman–Crippen LogP) is 2.42. The number of alkyl halides is 1. The smallest absolute Gasteiger partial charge is 0.226 e. The normalized spacial score (nSPS) is 32.1. The highest BCUT2D eigenvalue weighted by molar-refractivity contribution is 9.09. The fourth-order valence-corrected chi connectivity index (χ4v) is 3.06. The van der Waals surface area contributed by atoms with E-state index < -0.39 is 0 Å². The molecule has 1 aliphatic heterocycles. The van der Waals surface area contributed by atoms with E-state index in [1.165, 1.54) is 19.3 Å². The summed E-state index contributed by atoms with van der Waals surface area (Å²) in [5.74, 6) is 1.52. The summed E-state index contributed by atoms with van der Waals surface area (Å²) in [7, 11) is 0. The van der Waals surface area contributed by atoms with Crippen molar-refractivity contribution in [2.45, 2.75) is 32.1 Å². The molecule has 0 aromatic carbocycles. The third-order valence-electron chi connectivity index (χ3n) is 3.55. The Morgan fingerprint density at radius 3 is 2.86 bits per heavy atom. The highest BCUT2D eigenvalue weighted by Gasteiger charge is 2.40. The average Bonchev–Trinajstić information content (AvgIpc) is 2.54. The van der Waals surface area contributed by atoms with Crippen LogP contribution in [0.4, 0.5) is 0 Å². The first kappa shape index (κ1) is 10.5. The number of likely N-dealkylation sites (tertiary alicyclic amines) is 1. The molecule has 3 heteroatoms. The topological polar surface area (TPSA) is 20.3 Å². The summed E-state index contributed by atoms with van der Waals surface area (Å²) >= 11 is 3.42. The van der Waals surface area contributed by atoms with Crippen LogP contribution < -0.4 is 0 Å². The summed E-state index contributed by atoms with van der Waals surface area (Å²) in [5.41, 5.74) is 0. The van der Waals surface area contributed by atoms with Gasteiger partial charge in [0, 0.05) is 24.3 Å². The molecule has 1 aliphatic carbocycles. The molecular formula is C11H18BrNO. The van der Waals surface area contributed by atoms with Gasteiger partial charge in [-0.2, -0.15) is 0 Å². The van der Waals surface area contributed by atoms with Gasteiger partial charge < -0.3 is 4.90 Å². The van der Waals surface area contributed by atoms with Crippen molar-refractivity contribution in [2.75, 3.05) is 18.4 Å². The van der Waals surface area contributed by atoms with E-state index in [0.717, 1.165) is 31.3 Å². The van der Waals surface area contributed by atoms with Crippen LogP contribution in [0.3, 0.4) is 0 Å². The summed E-state index contributed by atoms with van der Waals surface area (Å²) in [6, 6.07) is 0. The molecule has 0 aromatic heterocycles. The van der Waals surface area contributed by atoms with Gasteiger partial charge in [0.2, 0.25) is 5.91 Å². The van der Waals surface area contributed by atoms with Gasteiger partial charge in [0.05, 0.1) is 0 Å². The van der Waals surface area contributed by atoms with Gasteiger partial charge in [-0.1, -0.05) is 28.8 Å². The van der Waals surface area contributed by atoms with Crippen molar-refractivity contribution in [1.29, 1.82) is 0 Å². The minimum absolute atomic E-state index is 0.388. The Bertz CT molecular complexity index is 219. The third-order valence-corrected chi connectivity index (χ3v) is 4.12. The number of fused-ring (bicyclic) bond motifs is 1. The maximum atomic E-state index is 12.0. The number of rotatable bonds is 3. The molecule has 1 heterocycles. The van der Waals surface area contributed by atoms with E-state index in [1.54, 1.807) is 0 Å². The molecule has 2 nitrogen and oxygen atoms in total. The average molecular weight is 260 g/mol. The first-order valence-corrected chi connectivity index (χ1v) is 6.80. The Balaban J connectivity index is 1.92. The number of amides is 1. The Morgan fingerprint density at radius 1 is 1.36 bits per heavy atom. The number of hydrogen-bond donors (Lipinski definition) is 0. The van der Waals surface area contributed by atoms with E-state index in [0.29, 0.717) is 17.7 Å². The fraction of sp³-hybridized carbons (Fsp3) is 0.909. The molecule has 2 rings (SSSR count). The van der Waals surface area contributed by atoms with Crippen LogP contribution in [0.1, 0.15) is 32.1 Å². The summed E-state index contributed by atoms with van der Waals surface area (Å²) in [6.45, 7) is 1.99. The zero-order chi connectivity index (χ0) is 9.97. The summed E-state index contributed by atoms with van der Waals surface area (Å²) in [5, 5.41) is 1.01. The van der Waals surface area contributed by atoms with Gasteiger partial charge in [0.25, 0.3) is 0 Å². The van der Waals surface area contributed by atoms with Crippen molar-refractivity contribution in [3.63, 3.8) is 0 Å². The minimum Gasteiger partial charge on any atom is -0.342 e. The Labute approximate surface area is 94.2 Å². The second-order valence-corrected chi connectivity index (χ2v) is 5.27. The largest absolute Gasteiger partial charge is 0.342 e. The quantitative estimate of drug-likeness (QED) is 0.714. The van der Waals surface area contributed by atoms with Crippen LogP contribution in [0, 0.1) is 11.8 Å². The molecule has 0 aromatic rings. The number of halogens is 1. The van der Waals surface area contributed by atoms with Crippen molar-refractivity contribution < 1.29 is 4.79 Å². The van der Waals surface area contributed by atoms with Gasteiger partial charge in [0.15, 0.2) is 0 Å². The molecule has 2 atom stereocenters. The summed E-state index contributed by atoms with van der Waals surface area (Å²) in [4.78, 5) is 14.0. The lowest BCUT2D eigenvalue weighted by Crippen LogP contribution is -2.28. The number of carbonyl (C=O) groups is 1. The van der Waals surface area contributed by atoms with Gasteiger partial charge in [-0.05, 0) is 25.2 Å². The summed E-state index contributed by atoms with van der Waals surface area (Å²) in [6.07, 6.45) is 6.11. The maximum Gasteiger partial charge on any atom is 0.226 e. The van der Waals surface area contributed by atoms with Crippen LogP contribution in [0.5, 0.6) is 0 Å². The highest BCUT2D eigenvalue weighted by atomic mass is 79.9. The molecule has 2 unspecified atom stereocenters. The van der Waals surface area contributed by atoms with Crippen LogP contribution in [-0.4, -0.2) is 29.2 Å². The van der Waals surface area contributed by atoms with Crippen molar-refractivity contribution in [3.8, 4) is 0 Å². The molecule has 1 amide bonds. The van der Waals surface area contributed by atoms with Gasteiger partial charge in [-0.15, -0.1) is 0 Å². The van der Waals surface area contributed by atoms with Crippen LogP contribution >= 0.6 is 15.9 Å². The molecule has 0 radical (unpaired) electrons. The van der Waals surface area contributed by atoms with Crippen LogP contribution in [0.25, 0.3) is 0 Å². The lowest BCUT2D eigenvalue weighted by molar-refractivity contribution is -0.131. The van der Waals surface area contributed by atoms with Gasteiger partial charge in [-0.25, -0.2) is 0 Å². The molecule has 2 aliphatic rings. The Hall–Kier alpha value is -0.0500. The monoisotopic (exact) mass is 259 g/mol. The van der Waals surface area contributed by atoms with Crippen LogP contribution in [-0.2, 0) is 4.79 Å². The van der Waals surface area contributed by atoms with Gasteiger partial charge in [0.1, 0.15) is 0 Å². The molecule has 0 spiro atoms. The van der Waals surface area contributed by atoms with Crippen molar-refractivity contribution >= 4 is 21.8 Å². The lowest BCUT2D eigenvalue weighted by Gasteiger charge is -2.21. The first-order valence-electron chi connectivity index (χ1n) is 5.67. The minimum atomic E-state index is 0.388. The Morgan fingerprint density at radius 2 is 2.14 bits per heavy atom. The molecule has 0 N–H and O–H groups in total. The lowest BCUT2D eigenvalue weighted by atomic mass is 9.81. The molecular weight excluding hydrogens is 242 g/mol. The van der Waals surface area contributed by atoms with E-state index in [1.807, 2.05) is 0 Å². The molecule has 2 fully saturated rings. The van der Waals surface area contributed by atoms with Crippen molar-refractivity contribution in [2.24, 2.45) is 11.8 Å². The van der Waals surface area contributed by atoms with Crippen LogP contribution in [0.2, 0.25) is 0 Å². The van der Waals surface area contributed by atoms with Crippen molar-refractivity contribution in [3.05, 3.63) is 0 Å². The van der Waals surface area contributed by atoms with E-state index in [2.05, 4.69) is 20.8 Å². The second kappa shape index (κ2) is 4.65. The number of carbonyl (C=O) groups excluding carboxylic acids is 1. The van der Waals surface area contributed by atoms with E-state index in [4.69, 9.17) is 0 Å². The SMILES string of the molecule is O=C1C2CCCCC2CN1CCCBr. The van der Waals surface area contributed by atoms with E-state index in [-0.39, 0.29) is 0 Å². The maximum absolute atomic E-state index is 12.0. The van der Waals surface area contributed by atoms with E-state index >= 15 is 0 Å². The van der Waals surface area contributed by atoms with Gasteiger partial charge >= 0.3 is 0 Å². The Kier molecular flexibility index (Phi) is 3.47. The third kappa shape index (κ3) is 1.97. The molecule has 80 valence electrons. The zero-order valence-corrected chi connectivity index (χ0v) is 10.1. The van der Waals surface area contributed by atoms with Gasteiger partial charge in [-0.3, -0.25) is 4.79 Å². The first-order chi connectivity index (χ1) is 6.83. The summed E-state index contributed by atoms with van der Waals surface area (Å²) < 4.78 is 0. The van der Waals surface area contributed by atoms with E-state index in [9.17, 15) is 4.79 Å². The molecule has 1 saturated heterocycles.